The van der Waals surface area contributed by atoms with Gasteiger partial charge in [0.15, 0.2) is 0 Å². The minimum Gasteiger partial charge on any atom is -0.497 e. The molecule has 0 spiro atoms. The number of benzene rings is 4. The maximum absolute atomic E-state index is 12.5. The van der Waals surface area contributed by atoms with Gasteiger partial charge in [0, 0.05) is 16.3 Å². The lowest BCUT2D eigenvalue weighted by Crippen LogP contribution is -2.18. The molecule has 0 atom stereocenters. The number of carbonyl (C=O) groups is 2. The molecule has 11 heteroatoms. The highest BCUT2D eigenvalue weighted by molar-refractivity contribution is 7.92. The number of halogens is 1. The molecule has 0 saturated carbocycles. The Hall–Kier alpha value is -4.67. The fraction of sp³-hybridized carbons (Fsp3) is 0.0357. The van der Waals surface area contributed by atoms with Gasteiger partial charge in [-0.3, -0.25) is 9.52 Å². The van der Waals surface area contributed by atoms with Gasteiger partial charge in [-0.25, -0.2) is 18.6 Å². The van der Waals surface area contributed by atoms with E-state index in [2.05, 4.69) is 15.2 Å². The number of esters is 1. The van der Waals surface area contributed by atoms with Crippen LogP contribution in [0.2, 0.25) is 5.02 Å². The van der Waals surface area contributed by atoms with Crippen LogP contribution in [-0.2, 0) is 10.0 Å². The third kappa shape index (κ3) is 7.44. The van der Waals surface area contributed by atoms with Crippen LogP contribution >= 0.6 is 11.6 Å². The summed E-state index contributed by atoms with van der Waals surface area (Å²) < 4.78 is 37.9. The highest BCUT2D eigenvalue weighted by Gasteiger charge is 2.14. The molecular formula is C28H22ClN3O6S. The molecule has 4 aromatic rings. The summed E-state index contributed by atoms with van der Waals surface area (Å²) in [6, 6.07) is 24.8. The van der Waals surface area contributed by atoms with Crippen LogP contribution < -0.4 is 19.6 Å². The molecule has 4 rings (SSSR count). The minimum absolute atomic E-state index is 0.0616. The number of hydrogen-bond donors (Lipinski definition) is 2. The average molecular weight is 564 g/mol. The van der Waals surface area contributed by atoms with E-state index in [0.29, 0.717) is 27.6 Å². The standard InChI is InChI=1S/C28H22ClN3O6S/c1-37-24-14-6-21(7-15-24)28(34)38-25-12-2-19(3-13-25)18-30-31-27(33)20-4-10-23(11-5-20)32-39(35,36)26-16-8-22(29)9-17-26/h2-18,32H,1H3,(H,31,33)/b30-18-. The Morgan fingerprint density at radius 3 is 2.00 bits per heavy atom. The number of hydrazone groups is 1. The van der Waals surface area contributed by atoms with E-state index in [9.17, 15) is 18.0 Å². The second kappa shape index (κ2) is 12.2. The Kier molecular flexibility index (Phi) is 8.60. The molecule has 0 fully saturated rings. The van der Waals surface area contributed by atoms with Crippen molar-refractivity contribution < 1.29 is 27.5 Å². The summed E-state index contributed by atoms with van der Waals surface area (Å²) in [6.45, 7) is 0. The van der Waals surface area contributed by atoms with E-state index in [1.807, 2.05) is 0 Å². The second-order valence-corrected chi connectivity index (χ2v) is 10.1. The van der Waals surface area contributed by atoms with E-state index >= 15 is 0 Å². The van der Waals surface area contributed by atoms with Gasteiger partial charge in [-0.15, -0.1) is 0 Å². The molecule has 0 saturated heterocycles. The lowest BCUT2D eigenvalue weighted by atomic mass is 10.2. The normalized spacial score (nSPS) is 11.1. The van der Waals surface area contributed by atoms with Crippen LogP contribution in [0.5, 0.6) is 11.5 Å². The summed E-state index contributed by atoms with van der Waals surface area (Å²) in [4.78, 5) is 24.7. The summed E-state index contributed by atoms with van der Waals surface area (Å²) >= 11 is 5.81. The van der Waals surface area contributed by atoms with Crippen molar-refractivity contribution in [2.45, 2.75) is 4.90 Å². The Labute approximate surface area is 230 Å². The van der Waals surface area contributed by atoms with Crippen LogP contribution in [0.25, 0.3) is 0 Å². The van der Waals surface area contributed by atoms with Crippen LogP contribution in [0.1, 0.15) is 26.3 Å². The number of ether oxygens (including phenoxy) is 2. The number of sulfonamides is 1. The number of nitrogens with one attached hydrogen (secondary N) is 2. The van der Waals surface area contributed by atoms with Gasteiger partial charge in [-0.05, 0) is 103 Å². The summed E-state index contributed by atoms with van der Waals surface area (Å²) in [5.74, 6) is -0.000645. The first kappa shape index (κ1) is 27.4. The monoisotopic (exact) mass is 563 g/mol. The number of hydrogen-bond acceptors (Lipinski definition) is 7. The highest BCUT2D eigenvalue weighted by atomic mass is 35.5. The SMILES string of the molecule is COc1ccc(C(=O)Oc2ccc(/C=N\NC(=O)c3ccc(NS(=O)(=O)c4ccc(Cl)cc4)cc3)cc2)cc1. The van der Waals surface area contributed by atoms with Crippen LogP contribution in [0.4, 0.5) is 5.69 Å². The van der Waals surface area contributed by atoms with Crippen LogP contribution in [0.3, 0.4) is 0 Å². The summed E-state index contributed by atoms with van der Waals surface area (Å²) in [6.07, 6.45) is 1.43. The molecule has 0 aliphatic carbocycles. The van der Waals surface area contributed by atoms with Crippen LogP contribution in [-0.4, -0.2) is 33.6 Å². The Morgan fingerprint density at radius 2 is 1.38 bits per heavy atom. The van der Waals surface area contributed by atoms with Gasteiger partial charge in [0.1, 0.15) is 11.5 Å². The molecule has 0 unspecified atom stereocenters. The first-order chi connectivity index (χ1) is 18.7. The molecular weight excluding hydrogens is 542 g/mol. The van der Waals surface area contributed by atoms with Crippen molar-refractivity contribution >= 4 is 45.4 Å². The van der Waals surface area contributed by atoms with Crippen molar-refractivity contribution in [2.75, 3.05) is 11.8 Å². The topological polar surface area (TPSA) is 123 Å². The fourth-order valence-electron chi connectivity index (χ4n) is 3.26. The minimum atomic E-state index is -3.80. The van der Waals surface area contributed by atoms with Crippen molar-refractivity contribution in [1.82, 2.24) is 5.43 Å². The number of carbonyl (C=O) groups excluding carboxylic acids is 2. The molecule has 9 nitrogen and oxygen atoms in total. The lowest BCUT2D eigenvalue weighted by Gasteiger charge is -2.09. The maximum Gasteiger partial charge on any atom is 0.343 e. The van der Waals surface area contributed by atoms with Crippen LogP contribution in [0, 0.1) is 0 Å². The third-order valence-electron chi connectivity index (χ3n) is 5.32. The second-order valence-electron chi connectivity index (χ2n) is 8.02. The van der Waals surface area contributed by atoms with Gasteiger partial charge >= 0.3 is 5.97 Å². The Balaban J connectivity index is 1.29. The summed E-state index contributed by atoms with van der Waals surface area (Å²) in [5, 5.41) is 4.36. The number of anilines is 1. The highest BCUT2D eigenvalue weighted by Crippen LogP contribution is 2.19. The van der Waals surface area contributed by atoms with Gasteiger partial charge in [-0.2, -0.15) is 5.10 Å². The van der Waals surface area contributed by atoms with Crippen molar-refractivity contribution in [1.29, 1.82) is 0 Å². The lowest BCUT2D eigenvalue weighted by molar-refractivity contribution is 0.0734. The van der Waals surface area contributed by atoms with Gasteiger partial charge in [0.05, 0.1) is 23.8 Å². The summed E-state index contributed by atoms with van der Waals surface area (Å²) in [7, 11) is -2.26. The number of amides is 1. The molecule has 0 aromatic heterocycles. The zero-order chi connectivity index (χ0) is 27.8. The molecule has 1 amide bonds. The van der Waals surface area contributed by atoms with E-state index in [0.717, 1.165) is 0 Å². The fourth-order valence-corrected chi connectivity index (χ4v) is 4.45. The molecule has 0 radical (unpaired) electrons. The van der Waals surface area contributed by atoms with Gasteiger partial charge < -0.3 is 9.47 Å². The molecule has 0 aliphatic rings. The molecule has 39 heavy (non-hydrogen) atoms. The predicted molar refractivity (Wildman–Crippen MR) is 148 cm³/mol. The molecule has 4 aromatic carbocycles. The third-order valence-corrected chi connectivity index (χ3v) is 6.97. The smallest absolute Gasteiger partial charge is 0.343 e. The first-order valence-corrected chi connectivity index (χ1v) is 13.3. The van der Waals surface area contributed by atoms with Crippen LogP contribution in [0.15, 0.2) is 107 Å². The van der Waals surface area contributed by atoms with Crippen molar-refractivity contribution in [3.05, 3.63) is 119 Å². The quantitative estimate of drug-likeness (QED) is 0.126. The molecule has 2 N–H and O–H groups in total. The largest absolute Gasteiger partial charge is 0.497 e. The van der Waals surface area contributed by atoms with Crippen molar-refractivity contribution in [3.8, 4) is 11.5 Å². The first-order valence-electron chi connectivity index (χ1n) is 11.4. The zero-order valence-corrected chi connectivity index (χ0v) is 22.1. The van der Waals surface area contributed by atoms with E-state index < -0.39 is 21.9 Å². The van der Waals surface area contributed by atoms with Crippen molar-refractivity contribution in [2.24, 2.45) is 5.10 Å². The Morgan fingerprint density at radius 1 is 0.795 bits per heavy atom. The predicted octanol–water partition coefficient (Wildman–Crippen LogP) is 5.13. The van der Waals surface area contributed by atoms with Gasteiger partial charge in [0.2, 0.25) is 0 Å². The average Bonchev–Trinajstić information content (AvgIpc) is 2.94. The Bertz CT molecular complexity index is 1590. The van der Waals surface area contributed by atoms with E-state index in [1.165, 1.54) is 54.7 Å². The summed E-state index contributed by atoms with van der Waals surface area (Å²) in [5.41, 5.74) is 4.02. The van der Waals surface area contributed by atoms with E-state index in [4.69, 9.17) is 21.1 Å². The molecule has 0 bridgehead atoms. The number of rotatable bonds is 9. The number of nitrogens with zero attached hydrogens (tertiary/aromatic N) is 1. The molecule has 0 aliphatic heterocycles. The van der Waals surface area contributed by atoms with Gasteiger partial charge in [-0.1, -0.05) is 11.6 Å². The maximum atomic E-state index is 12.5. The van der Waals surface area contributed by atoms with Crippen molar-refractivity contribution in [3.63, 3.8) is 0 Å². The van der Waals surface area contributed by atoms with E-state index in [1.54, 1.807) is 55.6 Å². The van der Waals surface area contributed by atoms with E-state index in [-0.39, 0.29) is 16.1 Å². The zero-order valence-electron chi connectivity index (χ0n) is 20.5. The number of methoxy groups -OCH3 is 1. The molecule has 0 heterocycles. The molecule has 198 valence electrons. The van der Waals surface area contributed by atoms with Gasteiger partial charge in [0.25, 0.3) is 15.9 Å².